The van der Waals surface area contributed by atoms with Crippen molar-refractivity contribution in [3.8, 4) is 5.75 Å². The molecule has 5 nitrogen and oxygen atoms in total. The van der Waals surface area contributed by atoms with Gasteiger partial charge in [0.25, 0.3) is 5.91 Å². The SMILES string of the molecule is O=C(Nc1ccc(O)cc1Cl)c1ccon1. The van der Waals surface area contributed by atoms with Crippen molar-refractivity contribution in [3.63, 3.8) is 0 Å². The van der Waals surface area contributed by atoms with Crippen molar-refractivity contribution in [1.82, 2.24) is 5.16 Å². The van der Waals surface area contributed by atoms with E-state index in [9.17, 15) is 4.79 Å². The number of carbonyl (C=O) groups is 1. The number of halogens is 1. The van der Waals surface area contributed by atoms with Gasteiger partial charge in [0.05, 0.1) is 10.7 Å². The molecule has 0 radical (unpaired) electrons. The summed E-state index contributed by atoms with van der Waals surface area (Å²) in [7, 11) is 0. The van der Waals surface area contributed by atoms with Crippen molar-refractivity contribution in [3.05, 3.63) is 41.2 Å². The lowest BCUT2D eigenvalue weighted by Gasteiger charge is -2.05. The van der Waals surface area contributed by atoms with Gasteiger partial charge >= 0.3 is 0 Å². The molecule has 1 amide bonds. The molecule has 0 aliphatic heterocycles. The second-order valence-corrected chi connectivity index (χ2v) is 3.41. The molecule has 16 heavy (non-hydrogen) atoms. The molecule has 0 saturated heterocycles. The van der Waals surface area contributed by atoms with Crippen molar-refractivity contribution in [1.29, 1.82) is 0 Å². The number of rotatable bonds is 2. The number of nitrogens with one attached hydrogen (secondary N) is 1. The first kappa shape index (κ1) is 10.5. The normalized spacial score (nSPS) is 10.1. The van der Waals surface area contributed by atoms with Gasteiger partial charge in [-0.05, 0) is 12.1 Å². The predicted molar refractivity (Wildman–Crippen MR) is 57.6 cm³/mol. The number of aromatic nitrogens is 1. The quantitative estimate of drug-likeness (QED) is 0.787. The van der Waals surface area contributed by atoms with Gasteiger partial charge < -0.3 is 14.9 Å². The van der Waals surface area contributed by atoms with Crippen molar-refractivity contribution in [2.45, 2.75) is 0 Å². The third-order valence-corrected chi connectivity index (χ3v) is 2.18. The molecule has 0 aliphatic rings. The fraction of sp³-hybridized carbons (Fsp3) is 0. The van der Waals surface area contributed by atoms with Crippen LogP contribution in [0.2, 0.25) is 5.02 Å². The van der Waals surface area contributed by atoms with Crippen LogP contribution in [-0.4, -0.2) is 16.2 Å². The largest absolute Gasteiger partial charge is 0.508 e. The number of amides is 1. The molecule has 1 aromatic heterocycles. The number of benzene rings is 1. The van der Waals surface area contributed by atoms with Crippen LogP contribution >= 0.6 is 11.6 Å². The Bertz CT molecular complexity index is 511. The summed E-state index contributed by atoms with van der Waals surface area (Å²) in [5.74, 6) is -0.397. The van der Waals surface area contributed by atoms with E-state index in [0.717, 1.165) is 0 Å². The van der Waals surface area contributed by atoms with Crippen LogP contribution in [0.4, 0.5) is 5.69 Å². The van der Waals surface area contributed by atoms with E-state index in [1.807, 2.05) is 0 Å². The highest BCUT2D eigenvalue weighted by Crippen LogP contribution is 2.26. The second-order valence-electron chi connectivity index (χ2n) is 3.00. The molecular formula is C10H7ClN2O3. The summed E-state index contributed by atoms with van der Waals surface area (Å²) < 4.78 is 4.54. The monoisotopic (exact) mass is 238 g/mol. The molecule has 2 rings (SSSR count). The zero-order valence-electron chi connectivity index (χ0n) is 7.98. The summed E-state index contributed by atoms with van der Waals surface area (Å²) in [6.45, 7) is 0. The van der Waals surface area contributed by atoms with Gasteiger partial charge in [0, 0.05) is 12.1 Å². The van der Waals surface area contributed by atoms with Gasteiger partial charge in [-0.3, -0.25) is 4.79 Å². The Kier molecular flexibility index (Phi) is 2.78. The molecule has 0 atom stereocenters. The minimum absolute atomic E-state index is 0.0319. The number of anilines is 1. The van der Waals surface area contributed by atoms with Crippen molar-refractivity contribution >= 4 is 23.2 Å². The van der Waals surface area contributed by atoms with E-state index < -0.39 is 5.91 Å². The van der Waals surface area contributed by atoms with Crippen molar-refractivity contribution in [2.75, 3.05) is 5.32 Å². The molecule has 2 aromatic rings. The molecule has 0 unspecified atom stereocenters. The number of carbonyl (C=O) groups excluding carboxylic acids is 1. The Morgan fingerprint density at radius 3 is 2.88 bits per heavy atom. The maximum Gasteiger partial charge on any atom is 0.277 e. The van der Waals surface area contributed by atoms with Crippen LogP contribution in [-0.2, 0) is 0 Å². The maximum atomic E-state index is 11.6. The fourth-order valence-corrected chi connectivity index (χ4v) is 1.34. The van der Waals surface area contributed by atoms with E-state index in [0.29, 0.717) is 5.69 Å². The van der Waals surface area contributed by atoms with E-state index >= 15 is 0 Å². The number of aromatic hydroxyl groups is 1. The Morgan fingerprint density at radius 1 is 1.44 bits per heavy atom. The molecule has 2 N–H and O–H groups in total. The summed E-state index contributed by atoms with van der Waals surface area (Å²) in [6.07, 6.45) is 1.30. The Hall–Kier alpha value is -2.01. The summed E-state index contributed by atoms with van der Waals surface area (Å²) >= 11 is 5.82. The number of hydrogen-bond donors (Lipinski definition) is 2. The van der Waals surface area contributed by atoms with Crippen LogP contribution in [0.3, 0.4) is 0 Å². The van der Waals surface area contributed by atoms with Crippen LogP contribution in [0.1, 0.15) is 10.5 Å². The topological polar surface area (TPSA) is 75.4 Å². The van der Waals surface area contributed by atoms with E-state index in [1.165, 1.54) is 30.5 Å². The minimum Gasteiger partial charge on any atom is -0.508 e. The molecule has 0 bridgehead atoms. The first-order chi connectivity index (χ1) is 7.66. The van der Waals surface area contributed by atoms with E-state index in [1.54, 1.807) is 0 Å². The van der Waals surface area contributed by atoms with Crippen molar-refractivity contribution < 1.29 is 14.4 Å². The summed E-state index contributed by atoms with van der Waals surface area (Å²) in [4.78, 5) is 11.6. The predicted octanol–water partition coefficient (Wildman–Crippen LogP) is 2.29. The summed E-state index contributed by atoms with van der Waals surface area (Å²) in [5.41, 5.74) is 0.552. The highest BCUT2D eigenvalue weighted by atomic mass is 35.5. The highest BCUT2D eigenvalue weighted by Gasteiger charge is 2.11. The van der Waals surface area contributed by atoms with Crippen LogP contribution in [0.5, 0.6) is 5.75 Å². The van der Waals surface area contributed by atoms with Crippen LogP contribution in [0, 0.1) is 0 Å². The average Bonchev–Trinajstić information content (AvgIpc) is 2.75. The summed E-state index contributed by atoms with van der Waals surface area (Å²) in [6, 6.07) is 5.68. The lowest BCUT2D eigenvalue weighted by molar-refractivity contribution is 0.101. The molecular weight excluding hydrogens is 232 g/mol. The molecule has 1 aromatic carbocycles. The van der Waals surface area contributed by atoms with Crippen LogP contribution in [0.15, 0.2) is 35.1 Å². The minimum atomic E-state index is -0.429. The van der Waals surface area contributed by atoms with E-state index in [4.69, 9.17) is 16.7 Å². The van der Waals surface area contributed by atoms with Crippen LogP contribution in [0.25, 0.3) is 0 Å². The van der Waals surface area contributed by atoms with Gasteiger partial charge in [-0.25, -0.2) is 0 Å². The lowest BCUT2D eigenvalue weighted by Crippen LogP contribution is -2.12. The molecule has 82 valence electrons. The van der Waals surface area contributed by atoms with Crippen molar-refractivity contribution in [2.24, 2.45) is 0 Å². The van der Waals surface area contributed by atoms with Gasteiger partial charge in [-0.15, -0.1) is 0 Å². The molecule has 0 aliphatic carbocycles. The van der Waals surface area contributed by atoms with Gasteiger partial charge in [0.2, 0.25) is 0 Å². The highest BCUT2D eigenvalue weighted by molar-refractivity contribution is 6.34. The standard InChI is InChI=1S/C10H7ClN2O3/c11-7-5-6(14)1-2-8(7)12-10(15)9-3-4-16-13-9/h1-5,14H,(H,12,15). The first-order valence-corrected chi connectivity index (χ1v) is 4.75. The molecule has 0 spiro atoms. The van der Waals surface area contributed by atoms with E-state index in [-0.39, 0.29) is 16.5 Å². The Morgan fingerprint density at radius 2 is 2.25 bits per heavy atom. The Balaban J connectivity index is 2.18. The van der Waals surface area contributed by atoms with Gasteiger partial charge in [0.15, 0.2) is 5.69 Å². The first-order valence-electron chi connectivity index (χ1n) is 4.37. The second kappa shape index (κ2) is 4.24. The fourth-order valence-electron chi connectivity index (χ4n) is 1.12. The maximum absolute atomic E-state index is 11.6. The molecule has 6 heteroatoms. The molecule has 0 saturated carbocycles. The Labute approximate surface area is 95.6 Å². The number of phenolic OH excluding ortho intramolecular Hbond substituents is 1. The van der Waals surface area contributed by atoms with Crippen LogP contribution < -0.4 is 5.32 Å². The number of hydrogen-bond acceptors (Lipinski definition) is 4. The zero-order valence-corrected chi connectivity index (χ0v) is 8.73. The molecule has 1 heterocycles. The number of nitrogens with zero attached hydrogens (tertiary/aromatic N) is 1. The van der Waals surface area contributed by atoms with Gasteiger partial charge in [0.1, 0.15) is 12.0 Å². The van der Waals surface area contributed by atoms with Gasteiger partial charge in [-0.2, -0.15) is 0 Å². The summed E-state index contributed by atoms with van der Waals surface area (Å²) in [5, 5.41) is 15.4. The third kappa shape index (κ3) is 2.14. The van der Waals surface area contributed by atoms with E-state index in [2.05, 4.69) is 15.0 Å². The number of phenols is 1. The average molecular weight is 239 g/mol. The smallest absolute Gasteiger partial charge is 0.277 e. The zero-order chi connectivity index (χ0) is 11.5. The molecule has 0 fully saturated rings. The lowest BCUT2D eigenvalue weighted by atomic mass is 10.3. The van der Waals surface area contributed by atoms with Gasteiger partial charge in [-0.1, -0.05) is 16.8 Å². The third-order valence-electron chi connectivity index (χ3n) is 1.87.